The second-order valence-corrected chi connectivity index (χ2v) is 9.95. The first kappa shape index (κ1) is 25.3. The minimum Gasteiger partial charge on any atom is -0.493 e. The summed E-state index contributed by atoms with van der Waals surface area (Å²) in [6, 6.07) is 23.2. The van der Waals surface area contributed by atoms with Crippen LogP contribution in [0, 0.1) is 3.57 Å². The van der Waals surface area contributed by atoms with Crippen molar-refractivity contribution in [3.8, 4) is 23.0 Å². The third-order valence-corrected chi connectivity index (χ3v) is 6.57. The van der Waals surface area contributed by atoms with E-state index in [2.05, 4.69) is 32.6 Å². The maximum atomic E-state index is 12.6. The summed E-state index contributed by atoms with van der Waals surface area (Å²) >= 11 is 14.3. The highest BCUT2D eigenvalue weighted by atomic mass is 127. The van der Waals surface area contributed by atoms with Crippen molar-refractivity contribution in [2.24, 2.45) is 4.99 Å². The molecule has 0 atom stereocenters. The summed E-state index contributed by atoms with van der Waals surface area (Å²) < 4.78 is 17.9. The second-order valence-electron chi connectivity index (χ2n) is 7.86. The Balaban J connectivity index is 1.34. The number of aliphatic imine (C=N–C) groups is 1. The quantitative estimate of drug-likeness (QED) is 0.0805. The summed E-state index contributed by atoms with van der Waals surface area (Å²) in [5.41, 5.74) is 3.97. The number of benzene rings is 4. The fourth-order valence-electron chi connectivity index (χ4n) is 3.55. The van der Waals surface area contributed by atoms with Crippen molar-refractivity contribution in [3.63, 3.8) is 0 Å². The summed E-state index contributed by atoms with van der Waals surface area (Å²) in [7, 11) is 1.49. The van der Waals surface area contributed by atoms with Gasteiger partial charge in [-0.25, -0.2) is 9.78 Å². The number of halogens is 3. The topological polar surface area (TPSA) is 73.9 Å². The Bertz CT molecular complexity index is 1670. The van der Waals surface area contributed by atoms with Crippen molar-refractivity contribution in [1.29, 1.82) is 0 Å². The minimum atomic E-state index is -0.619. The SMILES string of the molecule is COc1cc(C=Nc2ccc3oc(-c4cccc(I)c4)nc3c2)ccc1OC(=O)c1ccc(Cl)cc1Cl. The van der Waals surface area contributed by atoms with Gasteiger partial charge in [0.25, 0.3) is 0 Å². The molecule has 184 valence electrons. The molecule has 4 aromatic carbocycles. The molecule has 0 saturated heterocycles. The number of methoxy groups -OCH3 is 1. The normalized spacial score (nSPS) is 11.2. The monoisotopic (exact) mass is 642 g/mol. The van der Waals surface area contributed by atoms with E-state index in [1.54, 1.807) is 30.5 Å². The first-order valence-corrected chi connectivity index (χ1v) is 12.8. The number of rotatable bonds is 6. The molecule has 0 spiro atoms. The second kappa shape index (κ2) is 10.9. The predicted molar refractivity (Wildman–Crippen MR) is 154 cm³/mol. The third kappa shape index (κ3) is 5.79. The van der Waals surface area contributed by atoms with Crippen LogP contribution >= 0.6 is 45.8 Å². The maximum Gasteiger partial charge on any atom is 0.345 e. The molecule has 0 unspecified atom stereocenters. The molecule has 0 aliphatic heterocycles. The summed E-state index contributed by atoms with van der Waals surface area (Å²) in [5.74, 6) is 0.565. The Kier molecular flexibility index (Phi) is 7.45. The average molecular weight is 643 g/mol. The number of aromatic nitrogens is 1. The number of esters is 1. The number of carbonyl (C=O) groups is 1. The van der Waals surface area contributed by atoms with E-state index in [0.29, 0.717) is 33.4 Å². The van der Waals surface area contributed by atoms with Crippen LogP contribution in [0.25, 0.3) is 22.6 Å². The molecule has 9 heteroatoms. The highest BCUT2D eigenvalue weighted by Crippen LogP contribution is 2.31. The van der Waals surface area contributed by atoms with Crippen LogP contribution in [-0.4, -0.2) is 24.3 Å². The van der Waals surface area contributed by atoms with Gasteiger partial charge in [-0.15, -0.1) is 0 Å². The molecular weight excluding hydrogens is 626 g/mol. The lowest BCUT2D eigenvalue weighted by atomic mass is 10.2. The van der Waals surface area contributed by atoms with Gasteiger partial charge in [-0.2, -0.15) is 0 Å². The van der Waals surface area contributed by atoms with Gasteiger partial charge in [-0.3, -0.25) is 4.99 Å². The molecule has 0 N–H and O–H groups in total. The highest BCUT2D eigenvalue weighted by molar-refractivity contribution is 14.1. The molecule has 1 aromatic heterocycles. The molecule has 0 radical (unpaired) electrons. The van der Waals surface area contributed by atoms with Gasteiger partial charge in [0.15, 0.2) is 17.1 Å². The van der Waals surface area contributed by atoms with Gasteiger partial charge in [0.2, 0.25) is 5.89 Å². The van der Waals surface area contributed by atoms with Crippen LogP contribution in [-0.2, 0) is 0 Å². The zero-order chi connectivity index (χ0) is 25.9. The number of ether oxygens (including phenoxy) is 2. The molecule has 5 rings (SSSR count). The van der Waals surface area contributed by atoms with E-state index < -0.39 is 5.97 Å². The summed E-state index contributed by atoms with van der Waals surface area (Å²) in [4.78, 5) is 21.7. The zero-order valence-corrected chi connectivity index (χ0v) is 22.9. The summed E-state index contributed by atoms with van der Waals surface area (Å²) in [6.45, 7) is 0. The van der Waals surface area contributed by atoms with E-state index in [1.807, 2.05) is 42.5 Å². The van der Waals surface area contributed by atoms with Crippen molar-refractivity contribution < 1.29 is 18.7 Å². The van der Waals surface area contributed by atoms with Crippen LogP contribution < -0.4 is 9.47 Å². The predicted octanol–water partition coefficient (Wildman–Crippen LogP) is 8.38. The van der Waals surface area contributed by atoms with Crippen LogP contribution in [0.4, 0.5) is 5.69 Å². The van der Waals surface area contributed by atoms with Crippen molar-refractivity contribution in [3.05, 3.63) is 104 Å². The molecular formula is C28H17Cl2IN2O4. The minimum absolute atomic E-state index is 0.201. The number of fused-ring (bicyclic) bond motifs is 1. The molecule has 5 aromatic rings. The number of hydrogen-bond acceptors (Lipinski definition) is 6. The smallest absolute Gasteiger partial charge is 0.345 e. The van der Waals surface area contributed by atoms with Crippen LogP contribution in [0.15, 0.2) is 88.3 Å². The summed E-state index contributed by atoms with van der Waals surface area (Å²) in [5, 5.41) is 0.631. The molecule has 0 aliphatic carbocycles. The fourth-order valence-corrected chi connectivity index (χ4v) is 4.58. The van der Waals surface area contributed by atoms with Crippen LogP contribution in [0.2, 0.25) is 10.0 Å². The van der Waals surface area contributed by atoms with Gasteiger partial charge in [-0.1, -0.05) is 29.3 Å². The largest absolute Gasteiger partial charge is 0.493 e. The molecule has 0 bridgehead atoms. The van der Waals surface area contributed by atoms with E-state index >= 15 is 0 Å². The Morgan fingerprint density at radius 1 is 1.00 bits per heavy atom. The Hall–Kier alpha value is -3.40. The van der Waals surface area contributed by atoms with Gasteiger partial charge in [0.05, 0.1) is 23.4 Å². The van der Waals surface area contributed by atoms with Gasteiger partial charge in [0.1, 0.15) is 5.52 Å². The average Bonchev–Trinajstić information content (AvgIpc) is 3.31. The lowest BCUT2D eigenvalue weighted by molar-refractivity contribution is 0.0730. The molecule has 1 heterocycles. The maximum absolute atomic E-state index is 12.6. The van der Waals surface area contributed by atoms with Crippen molar-refractivity contribution in [2.75, 3.05) is 7.11 Å². The lowest BCUT2D eigenvalue weighted by Crippen LogP contribution is -2.10. The highest BCUT2D eigenvalue weighted by Gasteiger charge is 2.16. The number of hydrogen-bond donors (Lipinski definition) is 0. The van der Waals surface area contributed by atoms with Gasteiger partial charge >= 0.3 is 5.97 Å². The molecule has 6 nitrogen and oxygen atoms in total. The van der Waals surface area contributed by atoms with E-state index in [9.17, 15) is 4.79 Å². The van der Waals surface area contributed by atoms with Gasteiger partial charge < -0.3 is 13.9 Å². The number of oxazole rings is 1. The van der Waals surface area contributed by atoms with E-state index in [0.717, 1.165) is 14.7 Å². The Morgan fingerprint density at radius 3 is 2.65 bits per heavy atom. The van der Waals surface area contributed by atoms with Crippen molar-refractivity contribution in [2.45, 2.75) is 0 Å². The standard InChI is InChI=1S/C28H17Cl2IN2O4/c1-35-26-11-16(5-9-25(26)37-28(34)21-8-6-18(29)13-22(21)30)15-32-20-7-10-24-23(14-20)33-27(36-24)17-3-2-4-19(31)12-17/h2-15H,1H3. The van der Waals surface area contributed by atoms with E-state index in [1.165, 1.54) is 19.2 Å². The van der Waals surface area contributed by atoms with Crippen molar-refractivity contribution in [1.82, 2.24) is 4.98 Å². The molecule has 0 fully saturated rings. The Morgan fingerprint density at radius 2 is 1.86 bits per heavy atom. The van der Waals surface area contributed by atoms with Crippen LogP contribution in [0.5, 0.6) is 11.5 Å². The molecule has 0 amide bonds. The number of carbonyl (C=O) groups excluding carboxylic acids is 1. The van der Waals surface area contributed by atoms with Gasteiger partial charge in [-0.05, 0) is 101 Å². The van der Waals surface area contributed by atoms with Crippen molar-refractivity contribution >= 4 is 74.8 Å². The first-order valence-electron chi connectivity index (χ1n) is 11.0. The number of nitrogens with zero attached hydrogens (tertiary/aromatic N) is 2. The first-order chi connectivity index (χ1) is 17.9. The molecule has 0 aliphatic rings. The Labute approximate surface area is 236 Å². The van der Waals surface area contributed by atoms with Crippen LogP contribution in [0.1, 0.15) is 15.9 Å². The molecule has 0 saturated carbocycles. The lowest BCUT2D eigenvalue weighted by Gasteiger charge is -2.10. The van der Waals surface area contributed by atoms with Gasteiger partial charge in [0, 0.05) is 20.4 Å². The van der Waals surface area contributed by atoms with E-state index in [4.69, 9.17) is 37.1 Å². The molecule has 37 heavy (non-hydrogen) atoms. The zero-order valence-electron chi connectivity index (χ0n) is 19.2. The summed E-state index contributed by atoms with van der Waals surface area (Å²) in [6.07, 6.45) is 1.69. The fraction of sp³-hybridized carbons (Fsp3) is 0.0357. The van der Waals surface area contributed by atoms with E-state index in [-0.39, 0.29) is 16.3 Å². The van der Waals surface area contributed by atoms with Crippen LogP contribution in [0.3, 0.4) is 0 Å². The third-order valence-electron chi connectivity index (χ3n) is 5.35.